The highest BCUT2D eigenvalue weighted by Crippen LogP contribution is 2.43. The van der Waals surface area contributed by atoms with Crippen LogP contribution in [0, 0.1) is 5.92 Å². The molecule has 6 nitrogen and oxygen atoms in total. The molecule has 230 valence electrons. The summed E-state index contributed by atoms with van der Waals surface area (Å²) in [4.78, 5) is 27.1. The van der Waals surface area contributed by atoms with Gasteiger partial charge in [-0.05, 0) is 54.7 Å². The molecule has 0 saturated carbocycles. The van der Waals surface area contributed by atoms with Gasteiger partial charge in [0.2, 0.25) is 5.91 Å². The van der Waals surface area contributed by atoms with E-state index in [4.69, 9.17) is 15.2 Å². The maximum atomic E-state index is 13.6. The molecule has 1 unspecified atom stereocenters. The Morgan fingerprint density at radius 3 is 2.02 bits per heavy atom. The summed E-state index contributed by atoms with van der Waals surface area (Å²) in [5.41, 5.74) is 2.35. The molecular formula is C31H30F6N2O4. The molecule has 0 bridgehead atoms. The number of halogens is 6. The number of rotatable bonds is 8. The van der Waals surface area contributed by atoms with Crippen LogP contribution in [0.3, 0.4) is 0 Å². The van der Waals surface area contributed by atoms with E-state index in [1.165, 1.54) is 11.8 Å². The number of ether oxygens (including phenoxy) is 2. The lowest BCUT2D eigenvalue weighted by atomic mass is 9.77. The van der Waals surface area contributed by atoms with E-state index < -0.39 is 53.0 Å². The van der Waals surface area contributed by atoms with Crippen molar-refractivity contribution in [3.05, 3.63) is 107 Å². The monoisotopic (exact) mass is 608 g/mol. The van der Waals surface area contributed by atoms with Gasteiger partial charge in [-0.25, -0.2) is 4.79 Å². The number of primary amides is 1. The lowest BCUT2D eigenvalue weighted by molar-refractivity contribution is -0.143. The van der Waals surface area contributed by atoms with Crippen molar-refractivity contribution in [3.63, 3.8) is 0 Å². The van der Waals surface area contributed by atoms with Crippen LogP contribution >= 0.6 is 0 Å². The first kappa shape index (κ1) is 31.9. The number of nitrogens with two attached hydrogens (primary N) is 1. The van der Waals surface area contributed by atoms with Crippen LogP contribution in [0.2, 0.25) is 0 Å². The topological polar surface area (TPSA) is 81.9 Å². The fourth-order valence-corrected chi connectivity index (χ4v) is 5.17. The van der Waals surface area contributed by atoms with E-state index in [2.05, 4.69) is 0 Å². The largest absolute Gasteiger partial charge is 0.445 e. The molecule has 12 heteroatoms. The second-order valence-electron chi connectivity index (χ2n) is 10.5. The van der Waals surface area contributed by atoms with Crippen LogP contribution in [-0.4, -0.2) is 30.1 Å². The zero-order chi connectivity index (χ0) is 31.4. The molecule has 1 saturated heterocycles. The van der Waals surface area contributed by atoms with Crippen LogP contribution in [0.1, 0.15) is 53.7 Å². The van der Waals surface area contributed by atoms with E-state index in [0.717, 1.165) is 0 Å². The van der Waals surface area contributed by atoms with Gasteiger partial charge in [-0.2, -0.15) is 26.3 Å². The Hall–Kier alpha value is -4.06. The van der Waals surface area contributed by atoms with Gasteiger partial charge in [-0.15, -0.1) is 0 Å². The molecule has 1 fully saturated rings. The molecule has 1 aliphatic rings. The summed E-state index contributed by atoms with van der Waals surface area (Å²) in [6.45, 7) is 0.810. The fraction of sp³-hybridized carbons (Fsp3) is 0.355. The molecular weight excluding hydrogens is 578 g/mol. The average Bonchev–Trinajstić information content (AvgIpc) is 2.98. The molecule has 2 N–H and O–H groups in total. The first-order valence-electron chi connectivity index (χ1n) is 13.4. The summed E-state index contributed by atoms with van der Waals surface area (Å²) in [5, 5.41) is 0. The van der Waals surface area contributed by atoms with Crippen LogP contribution in [0.25, 0.3) is 0 Å². The summed E-state index contributed by atoms with van der Waals surface area (Å²) in [6.07, 6.45) is -11.6. The van der Waals surface area contributed by atoms with E-state index >= 15 is 0 Å². The van der Waals surface area contributed by atoms with Crippen LogP contribution in [0.15, 0.2) is 78.9 Å². The summed E-state index contributed by atoms with van der Waals surface area (Å²) < 4.78 is 92.5. The van der Waals surface area contributed by atoms with Crippen molar-refractivity contribution in [3.8, 4) is 0 Å². The van der Waals surface area contributed by atoms with Crippen molar-refractivity contribution < 1.29 is 45.4 Å². The Labute approximate surface area is 244 Å². The second-order valence-corrected chi connectivity index (χ2v) is 10.5. The van der Waals surface area contributed by atoms with Gasteiger partial charge in [-0.1, -0.05) is 60.7 Å². The zero-order valence-corrected chi connectivity index (χ0v) is 23.1. The van der Waals surface area contributed by atoms with Crippen LogP contribution in [0.4, 0.5) is 31.1 Å². The van der Waals surface area contributed by atoms with E-state index in [1.807, 2.05) is 0 Å². The van der Waals surface area contributed by atoms with Gasteiger partial charge in [0.1, 0.15) is 6.61 Å². The molecule has 4 rings (SSSR count). The van der Waals surface area contributed by atoms with E-state index in [9.17, 15) is 35.9 Å². The van der Waals surface area contributed by atoms with Crippen molar-refractivity contribution in [2.45, 2.75) is 50.4 Å². The Bertz CT molecular complexity index is 1380. The minimum atomic E-state index is -5.02. The van der Waals surface area contributed by atoms with Crippen molar-refractivity contribution in [2.24, 2.45) is 11.7 Å². The summed E-state index contributed by atoms with van der Waals surface area (Å²) in [7, 11) is 0. The maximum absolute atomic E-state index is 13.6. The molecule has 0 aromatic heterocycles. The van der Waals surface area contributed by atoms with Crippen molar-refractivity contribution in [1.82, 2.24) is 4.90 Å². The standard InChI is InChI=1S/C31H30F6N2O4/c1-20(23-14-25(30(32,33)34)16-26(15-23)31(35,36)37)43-19-29(24-10-6-3-7-11-24)13-12-22(27(38)40)17-39(29)28(41)42-18-21-8-4-2-5-9-21/h2-11,14-16,20,22H,12-13,17-19H2,1H3,(H2,38,40)/t20-,22?,29-/m1/s1. The minimum Gasteiger partial charge on any atom is -0.445 e. The lowest BCUT2D eigenvalue weighted by Crippen LogP contribution is -2.58. The van der Waals surface area contributed by atoms with Crippen molar-refractivity contribution >= 4 is 12.0 Å². The van der Waals surface area contributed by atoms with Crippen LogP contribution in [-0.2, 0) is 38.8 Å². The predicted octanol–water partition coefficient (Wildman–Crippen LogP) is 7.23. The molecule has 1 heterocycles. The summed E-state index contributed by atoms with van der Waals surface area (Å²) in [6, 6.07) is 18.8. The van der Waals surface area contributed by atoms with Gasteiger partial charge < -0.3 is 15.2 Å². The van der Waals surface area contributed by atoms with Crippen LogP contribution < -0.4 is 5.73 Å². The number of carbonyl (C=O) groups is 2. The third kappa shape index (κ3) is 7.48. The molecule has 3 aromatic carbocycles. The number of likely N-dealkylation sites (tertiary alicyclic amines) is 1. The van der Waals surface area contributed by atoms with Gasteiger partial charge in [0, 0.05) is 6.54 Å². The highest BCUT2D eigenvalue weighted by molar-refractivity contribution is 5.78. The van der Waals surface area contributed by atoms with Gasteiger partial charge in [0.15, 0.2) is 0 Å². The summed E-state index contributed by atoms with van der Waals surface area (Å²) in [5.74, 6) is -1.34. The number of hydrogen-bond acceptors (Lipinski definition) is 4. The van der Waals surface area contributed by atoms with Crippen LogP contribution in [0.5, 0.6) is 0 Å². The smallest absolute Gasteiger partial charge is 0.416 e. The van der Waals surface area contributed by atoms with Gasteiger partial charge in [-0.3, -0.25) is 9.69 Å². The number of amides is 2. The molecule has 0 radical (unpaired) electrons. The Morgan fingerprint density at radius 2 is 1.49 bits per heavy atom. The van der Waals surface area contributed by atoms with Crippen molar-refractivity contribution in [2.75, 3.05) is 13.2 Å². The average molecular weight is 609 g/mol. The highest BCUT2D eigenvalue weighted by Gasteiger charge is 2.48. The van der Waals surface area contributed by atoms with Crippen molar-refractivity contribution in [1.29, 1.82) is 0 Å². The molecule has 0 spiro atoms. The third-order valence-corrected chi connectivity index (χ3v) is 7.62. The molecule has 2 amide bonds. The Balaban J connectivity index is 1.69. The number of benzene rings is 3. The maximum Gasteiger partial charge on any atom is 0.416 e. The third-order valence-electron chi connectivity index (χ3n) is 7.62. The van der Waals surface area contributed by atoms with E-state index in [0.29, 0.717) is 23.3 Å². The number of piperidine rings is 1. The Kier molecular flexibility index (Phi) is 9.38. The Morgan fingerprint density at radius 1 is 0.930 bits per heavy atom. The van der Waals surface area contributed by atoms with E-state index in [1.54, 1.807) is 60.7 Å². The van der Waals surface area contributed by atoms with Gasteiger partial charge >= 0.3 is 18.4 Å². The lowest BCUT2D eigenvalue weighted by Gasteiger charge is -2.48. The quantitative estimate of drug-likeness (QED) is 0.274. The normalized spacial score (nSPS) is 20.0. The first-order chi connectivity index (χ1) is 20.2. The number of hydrogen-bond donors (Lipinski definition) is 1. The predicted molar refractivity (Wildman–Crippen MR) is 144 cm³/mol. The van der Waals surface area contributed by atoms with Gasteiger partial charge in [0.25, 0.3) is 0 Å². The zero-order valence-electron chi connectivity index (χ0n) is 23.1. The molecule has 3 atom stereocenters. The number of carbonyl (C=O) groups excluding carboxylic acids is 2. The van der Waals surface area contributed by atoms with Gasteiger partial charge in [0.05, 0.1) is 35.3 Å². The van der Waals surface area contributed by atoms with E-state index in [-0.39, 0.29) is 44.2 Å². The minimum absolute atomic E-state index is 0.0528. The number of alkyl halides is 6. The highest BCUT2D eigenvalue weighted by atomic mass is 19.4. The molecule has 0 aliphatic carbocycles. The first-order valence-corrected chi connectivity index (χ1v) is 13.4. The molecule has 3 aromatic rings. The summed E-state index contributed by atoms with van der Waals surface area (Å²) >= 11 is 0. The second kappa shape index (κ2) is 12.7. The molecule has 1 aliphatic heterocycles. The molecule has 43 heavy (non-hydrogen) atoms. The number of nitrogens with zero attached hydrogens (tertiary/aromatic N) is 1. The fourth-order valence-electron chi connectivity index (χ4n) is 5.17. The SMILES string of the molecule is C[C@@H](OC[C@@]1(c2ccccc2)CCC(C(N)=O)CN1C(=O)OCc1ccccc1)c1cc(C(F)(F)F)cc(C(F)(F)F)c1.